The SMILES string of the molecule is CN1CCCC1COc1nc2c(c(N3C[C@H]4CC[C@@H](C3)N4)n1)CCN(c1cccc3c(Cl)cccc13)C2. The van der Waals surface area contributed by atoms with Crippen molar-refractivity contribution in [3.8, 4) is 6.01 Å². The Morgan fingerprint density at radius 3 is 2.59 bits per heavy atom. The van der Waals surface area contributed by atoms with Crippen LogP contribution in [0.15, 0.2) is 36.4 Å². The number of nitrogens with zero attached hydrogens (tertiary/aromatic N) is 5. The van der Waals surface area contributed by atoms with Gasteiger partial charge < -0.3 is 24.8 Å². The number of likely N-dealkylation sites (tertiary alicyclic amines) is 1. The lowest BCUT2D eigenvalue weighted by Gasteiger charge is -2.37. The van der Waals surface area contributed by atoms with Gasteiger partial charge in [-0.2, -0.15) is 9.97 Å². The van der Waals surface area contributed by atoms with Crippen LogP contribution in [0.4, 0.5) is 11.5 Å². The molecular weight excluding hydrogens is 484 g/mol. The van der Waals surface area contributed by atoms with Gasteiger partial charge in [-0.3, -0.25) is 0 Å². The molecule has 2 aromatic carbocycles. The van der Waals surface area contributed by atoms with Crippen molar-refractivity contribution in [2.75, 3.05) is 49.6 Å². The second-order valence-corrected chi connectivity index (χ2v) is 11.6. The molecule has 0 saturated carbocycles. The summed E-state index contributed by atoms with van der Waals surface area (Å²) in [6.07, 6.45) is 5.83. The maximum atomic E-state index is 6.53. The molecule has 7 rings (SSSR count). The zero-order chi connectivity index (χ0) is 24.9. The first-order chi connectivity index (χ1) is 18.1. The van der Waals surface area contributed by atoms with Crippen molar-refractivity contribution in [3.63, 3.8) is 0 Å². The molecule has 4 aliphatic heterocycles. The molecule has 3 saturated heterocycles. The smallest absolute Gasteiger partial charge is 0.318 e. The van der Waals surface area contributed by atoms with Crippen LogP contribution in [-0.2, 0) is 13.0 Å². The molecule has 1 aromatic heterocycles. The molecule has 37 heavy (non-hydrogen) atoms. The number of nitrogens with one attached hydrogen (secondary N) is 1. The number of benzene rings is 2. The third-order valence-electron chi connectivity index (χ3n) is 8.80. The second-order valence-electron chi connectivity index (χ2n) is 11.2. The number of hydrogen-bond acceptors (Lipinski definition) is 7. The van der Waals surface area contributed by atoms with E-state index < -0.39 is 0 Å². The number of anilines is 2. The van der Waals surface area contributed by atoms with E-state index >= 15 is 0 Å². The number of rotatable bonds is 5. The van der Waals surface area contributed by atoms with E-state index in [1.165, 1.54) is 42.3 Å². The molecule has 3 aromatic rings. The largest absolute Gasteiger partial charge is 0.462 e. The van der Waals surface area contributed by atoms with Gasteiger partial charge in [-0.15, -0.1) is 0 Å². The highest BCUT2D eigenvalue weighted by Gasteiger charge is 2.35. The maximum Gasteiger partial charge on any atom is 0.318 e. The minimum Gasteiger partial charge on any atom is -0.462 e. The standard InChI is InChI=1S/C29H35ClN6O/c1-34-13-4-5-21(34)18-37-29-32-26-17-35(27-9-3-6-22-23(27)7-2-8-25(22)30)14-12-24(26)28(33-29)36-15-19-10-11-20(16-36)31-19/h2-3,6-9,19-21,31H,4-5,10-18H2,1H3/t19-,20+,21?. The first-order valence-corrected chi connectivity index (χ1v) is 14.2. The number of likely N-dealkylation sites (N-methyl/N-ethyl adjacent to an activating group) is 1. The number of fused-ring (bicyclic) bond motifs is 4. The summed E-state index contributed by atoms with van der Waals surface area (Å²) in [5, 5.41) is 6.84. The quantitative estimate of drug-likeness (QED) is 0.541. The summed E-state index contributed by atoms with van der Waals surface area (Å²) >= 11 is 6.53. The topological polar surface area (TPSA) is 56.8 Å². The Kier molecular flexibility index (Phi) is 6.10. The Labute approximate surface area is 223 Å². The minimum absolute atomic E-state index is 0.440. The Balaban J connectivity index is 1.22. The van der Waals surface area contributed by atoms with E-state index in [0.29, 0.717) is 30.7 Å². The highest BCUT2D eigenvalue weighted by molar-refractivity contribution is 6.35. The third kappa shape index (κ3) is 4.41. The van der Waals surface area contributed by atoms with E-state index in [4.69, 9.17) is 26.3 Å². The Bertz CT molecular complexity index is 1310. The number of piperazine rings is 1. The third-order valence-corrected chi connectivity index (χ3v) is 9.13. The number of ether oxygens (including phenoxy) is 1. The first kappa shape index (κ1) is 23.5. The molecule has 7 nitrogen and oxygen atoms in total. The summed E-state index contributed by atoms with van der Waals surface area (Å²) in [5.74, 6) is 1.10. The fraction of sp³-hybridized carbons (Fsp3) is 0.517. The zero-order valence-electron chi connectivity index (χ0n) is 21.5. The van der Waals surface area contributed by atoms with Gasteiger partial charge in [0.25, 0.3) is 0 Å². The summed E-state index contributed by atoms with van der Waals surface area (Å²) in [4.78, 5) is 17.4. The van der Waals surface area contributed by atoms with E-state index in [9.17, 15) is 0 Å². The van der Waals surface area contributed by atoms with E-state index in [1.54, 1.807) is 0 Å². The molecule has 2 bridgehead atoms. The molecule has 0 aliphatic carbocycles. The lowest BCUT2D eigenvalue weighted by Crippen LogP contribution is -2.52. The second kappa shape index (κ2) is 9.61. The summed E-state index contributed by atoms with van der Waals surface area (Å²) < 4.78 is 6.31. The van der Waals surface area contributed by atoms with Crippen LogP contribution < -0.4 is 19.9 Å². The summed E-state index contributed by atoms with van der Waals surface area (Å²) in [7, 11) is 2.19. The molecule has 3 atom stereocenters. The van der Waals surface area contributed by atoms with Crippen molar-refractivity contribution in [2.24, 2.45) is 0 Å². The number of halogens is 1. The lowest BCUT2D eigenvalue weighted by atomic mass is 10.0. The maximum absolute atomic E-state index is 6.53. The predicted molar refractivity (Wildman–Crippen MR) is 149 cm³/mol. The highest BCUT2D eigenvalue weighted by atomic mass is 35.5. The molecule has 1 unspecified atom stereocenters. The van der Waals surface area contributed by atoms with Crippen molar-refractivity contribution in [1.82, 2.24) is 20.2 Å². The van der Waals surface area contributed by atoms with Crippen LogP contribution in [-0.4, -0.2) is 72.8 Å². The zero-order valence-corrected chi connectivity index (χ0v) is 22.3. The lowest BCUT2D eigenvalue weighted by molar-refractivity contribution is 0.187. The van der Waals surface area contributed by atoms with E-state index in [1.807, 2.05) is 12.1 Å². The minimum atomic E-state index is 0.440. The molecular formula is C29H35ClN6O. The molecule has 4 aliphatic rings. The van der Waals surface area contributed by atoms with Crippen molar-refractivity contribution in [3.05, 3.63) is 52.7 Å². The van der Waals surface area contributed by atoms with Crippen LogP contribution in [0.1, 0.15) is 36.9 Å². The molecule has 8 heteroatoms. The van der Waals surface area contributed by atoms with Gasteiger partial charge in [0.2, 0.25) is 0 Å². The fourth-order valence-corrected chi connectivity index (χ4v) is 7.02. The van der Waals surface area contributed by atoms with Crippen LogP contribution >= 0.6 is 11.6 Å². The van der Waals surface area contributed by atoms with Gasteiger partial charge in [0.05, 0.1) is 12.2 Å². The fourth-order valence-electron chi connectivity index (χ4n) is 6.78. The average Bonchev–Trinajstić information content (AvgIpc) is 3.49. The van der Waals surface area contributed by atoms with Gasteiger partial charge in [0.1, 0.15) is 12.4 Å². The summed E-state index contributed by atoms with van der Waals surface area (Å²) in [6, 6.07) is 14.7. The van der Waals surface area contributed by atoms with Crippen molar-refractivity contribution in [2.45, 2.75) is 56.8 Å². The van der Waals surface area contributed by atoms with Crippen molar-refractivity contribution in [1.29, 1.82) is 0 Å². The summed E-state index contributed by atoms with van der Waals surface area (Å²) in [5.41, 5.74) is 3.60. The van der Waals surface area contributed by atoms with Gasteiger partial charge in [-0.1, -0.05) is 35.9 Å². The van der Waals surface area contributed by atoms with Crippen molar-refractivity contribution < 1.29 is 4.74 Å². The highest BCUT2D eigenvalue weighted by Crippen LogP contribution is 2.37. The number of aromatic nitrogens is 2. The van der Waals surface area contributed by atoms with Crippen LogP contribution in [0.25, 0.3) is 10.8 Å². The molecule has 5 heterocycles. The van der Waals surface area contributed by atoms with Crippen molar-refractivity contribution >= 4 is 33.9 Å². The van der Waals surface area contributed by atoms with Gasteiger partial charge in [0, 0.05) is 64.8 Å². The normalized spacial score (nSPS) is 25.6. The first-order valence-electron chi connectivity index (χ1n) is 13.8. The average molecular weight is 519 g/mol. The molecule has 3 fully saturated rings. The van der Waals surface area contributed by atoms with Gasteiger partial charge in [-0.25, -0.2) is 0 Å². The molecule has 0 amide bonds. The molecule has 194 valence electrons. The Morgan fingerprint density at radius 2 is 1.78 bits per heavy atom. The van der Waals surface area contributed by atoms with Gasteiger partial charge in [0.15, 0.2) is 0 Å². The molecule has 0 spiro atoms. The summed E-state index contributed by atoms with van der Waals surface area (Å²) in [6.45, 7) is 5.48. The van der Waals surface area contributed by atoms with Gasteiger partial charge >= 0.3 is 6.01 Å². The Morgan fingerprint density at radius 1 is 0.973 bits per heavy atom. The van der Waals surface area contributed by atoms with Crippen LogP contribution in [0.5, 0.6) is 6.01 Å². The molecule has 1 N–H and O–H groups in total. The molecule has 0 radical (unpaired) electrons. The monoisotopic (exact) mass is 518 g/mol. The van der Waals surface area contributed by atoms with Crippen LogP contribution in [0.3, 0.4) is 0 Å². The van der Waals surface area contributed by atoms with Crippen LogP contribution in [0, 0.1) is 0 Å². The van der Waals surface area contributed by atoms with E-state index in [2.05, 4.69) is 51.3 Å². The van der Waals surface area contributed by atoms with E-state index in [0.717, 1.165) is 61.1 Å². The Hall–Kier alpha value is -2.61. The van der Waals surface area contributed by atoms with Crippen LogP contribution in [0.2, 0.25) is 5.02 Å². The van der Waals surface area contributed by atoms with Gasteiger partial charge in [-0.05, 0) is 57.8 Å². The predicted octanol–water partition coefficient (Wildman–Crippen LogP) is 4.26. The van der Waals surface area contributed by atoms with E-state index in [-0.39, 0.29) is 0 Å². The number of hydrogen-bond donors (Lipinski definition) is 1.